The van der Waals surface area contributed by atoms with E-state index in [1.807, 2.05) is 0 Å². The molecule has 0 aromatic carbocycles. The number of hydrogen-bond donors (Lipinski definition) is 2. The summed E-state index contributed by atoms with van der Waals surface area (Å²) in [5.41, 5.74) is 0. The van der Waals surface area contributed by atoms with Crippen molar-refractivity contribution in [2.24, 2.45) is 0 Å². The second-order valence-corrected chi connectivity index (χ2v) is 10.2. The largest absolute Gasteiger partial charge is 0.448 e. The van der Waals surface area contributed by atoms with E-state index >= 15 is 0 Å². The van der Waals surface area contributed by atoms with E-state index in [2.05, 4.69) is 51.1 Å². The molecule has 0 spiro atoms. The lowest BCUT2D eigenvalue weighted by molar-refractivity contribution is -0.0146. The van der Waals surface area contributed by atoms with Gasteiger partial charge in [0.1, 0.15) is 13.2 Å². The summed E-state index contributed by atoms with van der Waals surface area (Å²) >= 11 is 0. The molecule has 4 fully saturated rings. The third-order valence-electron chi connectivity index (χ3n) is 7.39. The molecule has 0 saturated carbocycles. The summed E-state index contributed by atoms with van der Waals surface area (Å²) in [6, 6.07) is 1.10. The van der Waals surface area contributed by atoms with Crippen molar-refractivity contribution in [1.29, 1.82) is 0 Å². The van der Waals surface area contributed by atoms with E-state index in [0.29, 0.717) is 38.4 Å². The standard InChI is InChI=1S/C24H46N6O4/c1-20(2)30-13-10-27(3)21(17-30)18-33-23(31)25-8-6-4-5-7-9-26-24(32)34-19-22-16-28-11-14-29(22)15-12-28/h20-22H,4-19H2,1-3H3,(H,25,31)(H,26,32). The molecule has 0 aromatic rings. The topological polar surface area (TPSA) is 89.6 Å². The van der Waals surface area contributed by atoms with Crippen LogP contribution >= 0.6 is 0 Å². The summed E-state index contributed by atoms with van der Waals surface area (Å²) in [5, 5.41) is 5.70. The van der Waals surface area contributed by atoms with Crippen LogP contribution in [0.2, 0.25) is 0 Å². The SMILES string of the molecule is CC(C)N1CCN(C)C(COC(=O)NCCCCCCNC(=O)OCC2CN3CCN2CC3)C1. The quantitative estimate of drug-likeness (QED) is 0.399. The number of carbonyl (C=O) groups excluding carboxylic acids is 2. The molecular formula is C24H46N6O4. The first kappa shape index (κ1) is 27.0. The molecule has 4 rings (SSSR count). The molecule has 10 nitrogen and oxygen atoms in total. The van der Waals surface area contributed by atoms with E-state index in [-0.39, 0.29) is 18.2 Å². The highest BCUT2D eigenvalue weighted by molar-refractivity contribution is 5.67. The Balaban J connectivity index is 1.12. The first-order valence-electron chi connectivity index (χ1n) is 13.1. The molecule has 196 valence electrons. The fourth-order valence-corrected chi connectivity index (χ4v) is 4.93. The minimum atomic E-state index is -0.334. The van der Waals surface area contributed by atoms with Crippen molar-refractivity contribution in [3.8, 4) is 0 Å². The zero-order valence-electron chi connectivity index (χ0n) is 21.5. The lowest BCUT2D eigenvalue weighted by Crippen LogP contribution is -2.62. The summed E-state index contributed by atoms with van der Waals surface area (Å²) in [6.45, 7) is 15.0. The Kier molecular flexibility index (Phi) is 11.2. The summed E-state index contributed by atoms with van der Waals surface area (Å²) in [6.07, 6.45) is 3.15. The highest BCUT2D eigenvalue weighted by atomic mass is 16.6. The normalized spacial score (nSPS) is 27.5. The summed E-state index contributed by atoms with van der Waals surface area (Å²) in [4.78, 5) is 33.5. The van der Waals surface area contributed by atoms with E-state index in [1.165, 1.54) is 0 Å². The average Bonchev–Trinajstić information content (AvgIpc) is 2.84. The molecule has 2 unspecified atom stereocenters. The molecule has 2 bridgehead atoms. The molecule has 0 radical (unpaired) electrons. The van der Waals surface area contributed by atoms with E-state index in [0.717, 1.165) is 78.0 Å². The molecule has 4 saturated heterocycles. The van der Waals surface area contributed by atoms with Crippen LogP contribution in [0.3, 0.4) is 0 Å². The zero-order chi connectivity index (χ0) is 24.3. The number of ether oxygens (including phenoxy) is 2. The fourth-order valence-electron chi connectivity index (χ4n) is 4.93. The Bertz CT molecular complexity index is 629. The first-order chi connectivity index (χ1) is 16.4. The number of likely N-dealkylation sites (N-methyl/N-ethyl adjacent to an activating group) is 1. The van der Waals surface area contributed by atoms with Crippen molar-refractivity contribution < 1.29 is 19.1 Å². The number of hydrogen-bond acceptors (Lipinski definition) is 8. The van der Waals surface area contributed by atoms with Gasteiger partial charge in [-0.2, -0.15) is 0 Å². The predicted molar refractivity (Wildman–Crippen MR) is 132 cm³/mol. The van der Waals surface area contributed by atoms with Gasteiger partial charge in [-0.05, 0) is 33.7 Å². The number of nitrogens with zero attached hydrogens (tertiary/aromatic N) is 4. The van der Waals surface area contributed by atoms with Gasteiger partial charge in [0.05, 0.1) is 12.1 Å². The minimum Gasteiger partial charge on any atom is -0.448 e. The van der Waals surface area contributed by atoms with Gasteiger partial charge in [-0.3, -0.25) is 19.6 Å². The Hall–Kier alpha value is -1.62. The van der Waals surface area contributed by atoms with Gasteiger partial charge in [-0.25, -0.2) is 9.59 Å². The first-order valence-corrected chi connectivity index (χ1v) is 13.1. The number of piperazine rings is 4. The van der Waals surface area contributed by atoms with Crippen molar-refractivity contribution >= 4 is 12.2 Å². The molecule has 34 heavy (non-hydrogen) atoms. The predicted octanol–water partition coefficient (Wildman–Crippen LogP) is 1.02. The van der Waals surface area contributed by atoms with E-state index in [4.69, 9.17) is 9.47 Å². The van der Waals surface area contributed by atoms with Gasteiger partial charge in [-0.15, -0.1) is 0 Å². The van der Waals surface area contributed by atoms with Crippen molar-refractivity contribution in [3.63, 3.8) is 0 Å². The zero-order valence-corrected chi connectivity index (χ0v) is 21.5. The maximum Gasteiger partial charge on any atom is 0.407 e. The highest BCUT2D eigenvalue weighted by Gasteiger charge is 2.32. The second kappa shape index (κ2) is 14.1. The fraction of sp³-hybridized carbons (Fsp3) is 0.917. The maximum absolute atomic E-state index is 12.0. The van der Waals surface area contributed by atoms with Crippen LogP contribution < -0.4 is 10.6 Å². The van der Waals surface area contributed by atoms with Gasteiger partial charge in [0.25, 0.3) is 0 Å². The van der Waals surface area contributed by atoms with Gasteiger partial charge in [0, 0.05) is 71.5 Å². The third-order valence-corrected chi connectivity index (χ3v) is 7.39. The Morgan fingerprint density at radius 3 is 1.91 bits per heavy atom. The van der Waals surface area contributed by atoms with Crippen LogP contribution in [0.4, 0.5) is 9.59 Å². The van der Waals surface area contributed by atoms with E-state index in [9.17, 15) is 9.59 Å². The van der Waals surface area contributed by atoms with Crippen LogP contribution in [-0.4, -0.2) is 136 Å². The van der Waals surface area contributed by atoms with Crippen LogP contribution in [0, 0.1) is 0 Å². The lowest BCUT2D eigenvalue weighted by atomic mass is 10.1. The van der Waals surface area contributed by atoms with Gasteiger partial charge in [0.15, 0.2) is 0 Å². The molecule has 4 aliphatic heterocycles. The number of carbonyl (C=O) groups is 2. The molecule has 2 atom stereocenters. The van der Waals surface area contributed by atoms with Gasteiger partial charge in [0.2, 0.25) is 0 Å². The second-order valence-electron chi connectivity index (χ2n) is 10.2. The number of unbranched alkanes of at least 4 members (excludes halogenated alkanes) is 3. The van der Waals surface area contributed by atoms with Gasteiger partial charge in [-0.1, -0.05) is 12.8 Å². The monoisotopic (exact) mass is 482 g/mol. The minimum absolute atomic E-state index is 0.245. The van der Waals surface area contributed by atoms with Crippen LogP contribution in [0.25, 0.3) is 0 Å². The number of alkyl carbamates (subject to hydrolysis) is 2. The molecule has 0 aromatic heterocycles. The molecule has 10 heteroatoms. The summed E-state index contributed by atoms with van der Waals surface area (Å²) in [5.74, 6) is 0. The Labute approximate surface area is 205 Å². The van der Waals surface area contributed by atoms with Crippen LogP contribution in [0.5, 0.6) is 0 Å². The number of nitrogens with one attached hydrogen (secondary N) is 2. The number of amides is 2. The average molecular weight is 483 g/mol. The molecule has 2 N–H and O–H groups in total. The highest BCUT2D eigenvalue weighted by Crippen LogP contribution is 2.15. The number of rotatable bonds is 12. The van der Waals surface area contributed by atoms with Gasteiger partial charge >= 0.3 is 12.2 Å². The molecule has 4 aliphatic rings. The lowest BCUT2D eigenvalue weighted by Gasteiger charge is -2.47. The Morgan fingerprint density at radius 1 is 0.794 bits per heavy atom. The van der Waals surface area contributed by atoms with E-state index < -0.39 is 0 Å². The molecule has 2 amide bonds. The summed E-state index contributed by atoms with van der Waals surface area (Å²) < 4.78 is 10.9. The maximum atomic E-state index is 12.0. The van der Waals surface area contributed by atoms with Crippen LogP contribution in [0.15, 0.2) is 0 Å². The molecular weight excluding hydrogens is 436 g/mol. The smallest absolute Gasteiger partial charge is 0.407 e. The third kappa shape index (κ3) is 8.87. The molecule has 4 heterocycles. The van der Waals surface area contributed by atoms with Gasteiger partial charge < -0.3 is 20.1 Å². The van der Waals surface area contributed by atoms with Crippen molar-refractivity contribution in [2.75, 3.05) is 85.7 Å². The van der Waals surface area contributed by atoms with Crippen LogP contribution in [0.1, 0.15) is 39.5 Å². The summed E-state index contributed by atoms with van der Waals surface area (Å²) in [7, 11) is 2.09. The van der Waals surface area contributed by atoms with E-state index in [1.54, 1.807) is 0 Å². The van der Waals surface area contributed by atoms with Crippen molar-refractivity contribution in [2.45, 2.75) is 57.7 Å². The molecule has 0 aliphatic carbocycles. The van der Waals surface area contributed by atoms with Crippen LogP contribution in [-0.2, 0) is 9.47 Å². The van der Waals surface area contributed by atoms with Crippen molar-refractivity contribution in [3.05, 3.63) is 0 Å². The number of fused-ring (bicyclic) bond motifs is 3. The Morgan fingerprint density at radius 2 is 1.38 bits per heavy atom. The van der Waals surface area contributed by atoms with Crippen molar-refractivity contribution in [1.82, 2.24) is 30.2 Å².